The second-order valence-electron chi connectivity index (χ2n) is 9.36. The summed E-state index contributed by atoms with van der Waals surface area (Å²) in [6, 6.07) is 0. The molecule has 0 amide bonds. The molecular formula is C31H34O6. The van der Waals surface area contributed by atoms with Crippen LogP contribution >= 0.6 is 0 Å². The van der Waals surface area contributed by atoms with E-state index < -0.39 is 11.9 Å². The molecule has 37 heavy (non-hydrogen) atoms. The monoisotopic (exact) mass is 502 g/mol. The Hall–Kier alpha value is -3.93. The number of esters is 3. The lowest BCUT2D eigenvalue weighted by Crippen LogP contribution is -2.13. The molecule has 0 fully saturated rings. The molecule has 194 valence electrons. The predicted octanol–water partition coefficient (Wildman–Crippen LogP) is 6.92. The summed E-state index contributed by atoms with van der Waals surface area (Å²) in [6.07, 6.45) is 15.2. The SMILES string of the molecule is C=C(C)C(=O)OC1=CC=C(C2=CC(OC(=O)/C(C)=C\C)=C(C3=CC=C(OC(=O)C(=C)C)CC3)CC2)CC1. The number of allylic oxidation sites excluding steroid dienone is 12. The van der Waals surface area contributed by atoms with Gasteiger partial charge in [0.1, 0.15) is 17.3 Å². The second-order valence-corrected chi connectivity index (χ2v) is 9.36. The quantitative estimate of drug-likeness (QED) is 0.204. The van der Waals surface area contributed by atoms with Gasteiger partial charge in [-0.25, -0.2) is 14.4 Å². The van der Waals surface area contributed by atoms with E-state index in [1.165, 1.54) is 0 Å². The van der Waals surface area contributed by atoms with Gasteiger partial charge in [0.25, 0.3) is 0 Å². The number of hydrogen-bond donors (Lipinski definition) is 0. The molecule has 0 radical (unpaired) electrons. The van der Waals surface area contributed by atoms with Crippen molar-refractivity contribution in [1.82, 2.24) is 0 Å². The van der Waals surface area contributed by atoms with Crippen LogP contribution in [0.4, 0.5) is 0 Å². The minimum atomic E-state index is -0.434. The molecule has 3 rings (SSSR count). The van der Waals surface area contributed by atoms with Crippen molar-refractivity contribution in [3.8, 4) is 0 Å². The van der Waals surface area contributed by atoms with Crippen molar-refractivity contribution in [2.45, 2.75) is 66.2 Å². The molecule has 0 saturated carbocycles. The molecule has 6 nitrogen and oxygen atoms in total. The molecule has 0 atom stereocenters. The Kier molecular flexibility index (Phi) is 9.23. The van der Waals surface area contributed by atoms with Crippen molar-refractivity contribution in [3.05, 3.63) is 106 Å². The van der Waals surface area contributed by atoms with Gasteiger partial charge in [-0.3, -0.25) is 0 Å². The molecule has 0 aromatic heterocycles. The molecule has 0 heterocycles. The fourth-order valence-electron chi connectivity index (χ4n) is 4.00. The number of hydrogen-bond acceptors (Lipinski definition) is 6. The van der Waals surface area contributed by atoms with Gasteiger partial charge in [0, 0.05) is 29.6 Å². The Bertz CT molecular complexity index is 1260. The molecule has 0 spiro atoms. The number of rotatable bonds is 8. The zero-order valence-corrected chi connectivity index (χ0v) is 22.1. The zero-order chi connectivity index (χ0) is 27.1. The molecular weight excluding hydrogens is 468 g/mol. The van der Waals surface area contributed by atoms with Crippen LogP contribution in [0.25, 0.3) is 0 Å². The maximum absolute atomic E-state index is 12.7. The smallest absolute Gasteiger partial charge is 0.338 e. The third kappa shape index (κ3) is 7.29. The maximum Gasteiger partial charge on any atom is 0.338 e. The Balaban J connectivity index is 1.89. The fraction of sp³-hybridized carbons (Fsp3) is 0.323. The highest BCUT2D eigenvalue weighted by Crippen LogP contribution is 2.38. The van der Waals surface area contributed by atoms with Crippen LogP contribution in [0.2, 0.25) is 0 Å². The van der Waals surface area contributed by atoms with Crippen LogP contribution in [0, 0.1) is 0 Å². The van der Waals surface area contributed by atoms with Crippen LogP contribution in [0.5, 0.6) is 0 Å². The van der Waals surface area contributed by atoms with Crippen molar-refractivity contribution in [1.29, 1.82) is 0 Å². The topological polar surface area (TPSA) is 78.9 Å². The first-order valence-electron chi connectivity index (χ1n) is 12.4. The molecule has 0 bridgehead atoms. The zero-order valence-electron chi connectivity index (χ0n) is 22.1. The van der Waals surface area contributed by atoms with E-state index in [2.05, 4.69) is 13.2 Å². The lowest BCUT2D eigenvalue weighted by Gasteiger charge is -2.25. The number of ether oxygens (including phenoxy) is 3. The minimum absolute atomic E-state index is 0.352. The van der Waals surface area contributed by atoms with Gasteiger partial charge in [-0.1, -0.05) is 31.4 Å². The molecule has 0 saturated heterocycles. The highest BCUT2D eigenvalue weighted by Gasteiger charge is 2.25. The highest BCUT2D eigenvalue weighted by atomic mass is 16.5. The lowest BCUT2D eigenvalue weighted by molar-refractivity contribution is -0.136. The number of carbonyl (C=O) groups is 3. The lowest BCUT2D eigenvalue weighted by atomic mass is 9.84. The van der Waals surface area contributed by atoms with Gasteiger partial charge in [0.05, 0.1) is 0 Å². The van der Waals surface area contributed by atoms with Crippen molar-refractivity contribution >= 4 is 17.9 Å². The van der Waals surface area contributed by atoms with E-state index in [9.17, 15) is 14.4 Å². The van der Waals surface area contributed by atoms with Crippen LogP contribution in [-0.2, 0) is 28.6 Å². The van der Waals surface area contributed by atoms with Crippen molar-refractivity contribution in [2.75, 3.05) is 0 Å². The second kappa shape index (κ2) is 12.3. The average molecular weight is 503 g/mol. The summed E-state index contributed by atoms with van der Waals surface area (Å²) >= 11 is 0. The first-order valence-corrected chi connectivity index (χ1v) is 12.4. The summed E-state index contributed by atoms with van der Waals surface area (Å²) in [6.45, 7) is 14.0. The maximum atomic E-state index is 12.7. The largest absolute Gasteiger partial charge is 0.428 e. The molecule has 0 unspecified atom stereocenters. The third-order valence-corrected chi connectivity index (χ3v) is 6.37. The van der Waals surface area contributed by atoms with Gasteiger partial charge < -0.3 is 14.2 Å². The summed E-state index contributed by atoms with van der Waals surface area (Å²) < 4.78 is 16.6. The summed E-state index contributed by atoms with van der Waals surface area (Å²) in [5.41, 5.74) is 5.49. The van der Waals surface area contributed by atoms with Crippen LogP contribution in [0.15, 0.2) is 106 Å². The molecule has 6 heteroatoms. The first-order chi connectivity index (χ1) is 17.6. The Morgan fingerprint density at radius 1 is 0.676 bits per heavy atom. The van der Waals surface area contributed by atoms with Gasteiger partial charge in [0.15, 0.2) is 0 Å². The van der Waals surface area contributed by atoms with Crippen LogP contribution in [0.3, 0.4) is 0 Å². The summed E-state index contributed by atoms with van der Waals surface area (Å²) in [7, 11) is 0. The van der Waals surface area contributed by atoms with Gasteiger partial charge in [-0.2, -0.15) is 0 Å². The van der Waals surface area contributed by atoms with Gasteiger partial charge >= 0.3 is 17.9 Å². The van der Waals surface area contributed by atoms with E-state index >= 15 is 0 Å². The van der Waals surface area contributed by atoms with Crippen LogP contribution in [0.1, 0.15) is 66.2 Å². The predicted molar refractivity (Wildman–Crippen MR) is 142 cm³/mol. The normalized spacial score (nSPS) is 17.9. The molecule has 0 aromatic rings. The van der Waals surface area contributed by atoms with E-state index in [0.29, 0.717) is 66.1 Å². The van der Waals surface area contributed by atoms with Gasteiger partial charge in [-0.05, 0) is 93.9 Å². The Morgan fingerprint density at radius 3 is 1.65 bits per heavy atom. The van der Waals surface area contributed by atoms with Crippen LogP contribution in [-0.4, -0.2) is 17.9 Å². The van der Waals surface area contributed by atoms with Crippen molar-refractivity contribution in [2.24, 2.45) is 0 Å². The van der Waals surface area contributed by atoms with E-state index in [0.717, 1.165) is 28.7 Å². The molecule has 0 aromatic carbocycles. The van der Waals surface area contributed by atoms with Crippen LogP contribution < -0.4 is 0 Å². The van der Waals surface area contributed by atoms with Gasteiger partial charge in [0.2, 0.25) is 0 Å². The Labute approximate surface area is 218 Å². The van der Waals surface area contributed by atoms with E-state index in [-0.39, 0.29) is 5.97 Å². The highest BCUT2D eigenvalue weighted by molar-refractivity contribution is 5.89. The molecule has 0 N–H and O–H groups in total. The summed E-state index contributed by atoms with van der Waals surface area (Å²) in [4.78, 5) is 36.3. The fourth-order valence-corrected chi connectivity index (χ4v) is 4.00. The average Bonchev–Trinajstić information content (AvgIpc) is 2.89. The van der Waals surface area contributed by atoms with E-state index in [4.69, 9.17) is 14.2 Å². The van der Waals surface area contributed by atoms with E-state index in [1.807, 2.05) is 24.3 Å². The summed E-state index contributed by atoms with van der Waals surface area (Å²) in [5, 5.41) is 0. The van der Waals surface area contributed by atoms with Crippen molar-refractivity contribution < 1.29 is 28.6 Å². The first kappa shape index (κ1) is 27.7. The summed E-state index contributed by atoms with van der Waals surface area (Å²) in [5.74, 6) is 0.503. The van der Waals surface area contributed by atoms with E-state index in [1.54, 1.807) is 39.8 Å². The standard InChI is InChI=1S/C31H34O6/c1-7-21(6)31(34)37-28-18-24(22-8-13-25(14-9-22)35-29(32)19(2)3)12-17-27(28)23-10-15-26(16-11-23)36-30(33)20(4)5/h7-8,10,13,15,18H,2,4,9,11-12,14,16-17H2,1,3,5-6H3/b21-7-. The number of carbonyl (C=O) groups excluding carboxylic acids is 3. The molecule has 3 aliphatic carbocycles. The molecule has 0 aliphatic heterocycles. The van der Waals surface area contributed by atoms with Crippen molar-refractivity contribution in [3.63, 3.8) is 0 Å². The van der Waals surface area contributed by atoms with Gasteiger partial charge in [-0.15, -0.1) is 0 Å². The third-order valence-electron chi connectivity index (χ3n) is 6.37. The molecule has 3 aliphatic rings. The Morgan fingerprint density at radius 2 is 1.19 bits per heavy atom. The minimum Gasteiger partial charge on any atom is -0.428 e.